The van der Waals surface area contributed by atoms with Crippen LogP contribution in [0.5, 0.6) is 11.6 Å². The highest BCUT2D eigenvalue weighted by Crippen LogP contribution is 2.34. The molecule has 2 aromatic carbocycles. The maximum absolute atomic E-state index is 11.6. The van der Waals surface area contributed by atoms with E-state index in [0.717, 1.165) is 31.9 Å². The van der Waals surface area contributed by atoms with Crippen LogP contribution in [0.3, 0.4) is 0 Å². The molecule has 0 saturated carbocycles. The summed E-state index contributed by atoms with van der Waals surface area (Å²) in [6.07, 6.45) is 2.62. The van der Waals surface area contributed by atoms with Gasteiger partial charge in [0.15, 0.2) is 0 Å². The normalized spacial score (nSPS) is 13.9. The Morgan fingerprint density at radius 1 is 1.06 bits per heavy atom. The summed E-state index contributed by atoms with van der Waals surface area (Å²) in [5.74, 6) is 0.381. The number of nitrogens with one attached hydrogen (secondary N) is 2. The molecule has 1 amide bonds. The third kappa shape index (κ3) is 5.96. The van der Waals surface area contributed by atoms with E-state index in [4.69, 9.17) is 27.9 Å². The molecule has 2 heterocycles. The molecule has 0 aliphatic carbocycles. The molecule has 0 atom stereocenters. The second-order valence-corrected chi connectivity index (χ2v) is 8.56. The summed E-state index contributed by atoms with van der Waals surface area (Å²) in [7, 11) is 2.14. The number of benzene rings is 2. The summed E-state index contributed by atoms with van der Waals surface area (Å²) in [6, 6.07) is 12.9. The minimum absolute atomic E-state index is 0.127. The molecule has 8 nitrogen and oxygen atoms in total. The number of nitrogens with zero attached hydrogens (tertiary/aromatic N) is 4. The molecule has 0 bridgehead atoms. The number of carbonyl (C=O) groups is 1. The summed E-state index contributed by atoms with van der Waals surface area (Å²) in [4.78, 5) is 24.9. The SMILES string of the molecule is C=CC(=O)Nc1ccc(Cl)c(Oc2nc(Nc3ccc(N4CCN(C)CC4)cc3)ncc2Cl)c1. The fourth-order valence-corrected chi connectivity index (χ4v) is 3.68. The molecule has 1 saturated heterocycles. The van der Waals surface area contributed by atoms with Gasteiger partial charge in [-0.25, -0.2) is 4.98 Å². The highest BCUT2D eigenvalue weighted by atomic mass is 35.5. The van der Waals surface area contributed by atoms with E-state index in [-0.39, 0.29) is 22.6 Å². The van der Waals surface area contributed by atoms with Gasteiger partial charge in [0.25, 0.3) is 0 Å². The van der Waals surface area contributed by atoms with Gasteiger partial charge in [-0.3, -0.25) is 4.79 Å². The first-order valence-electron chi connectivity index (χ1n) is 10.7. The Morgan fingerprint density at radius 2 is 1.76 bits per heavy atom. The summed E-state index contributed by atoms with van der Waals surface area (Å²) in [5, 5.41) is 6.37. The zero-order valence-electron chi connectivity index (χ0n) is 18.6. The average Bonchev–Trinajstić information content (AvgIpc) is 2.84. The van der Waals surface area contributed by atoms with Crippen LogP contribution in [0.2, 0.25) is 10.0 Å². The van der Waals surface area contributed by atoms with E-state index in [9.17, 15) is 4.79 Å². The van der Waals surface area contributed by atoms with Crippen molar-refractivity contribution in [2.24, 2.45) is 0 Å². The molecule has 0 unspecified atom stereocenters. The molecule has 2 N–H and O–H groups in total. The fourth-order valence-electron chi connectivity index (χ4n) is 3.39. The first-order valence-corrected chi connectivity index (χ1v) is 11.4. The van der Waals surface area contributed by atoms with E-state index in [2.05, 4.69) is 56.2 Å². The monoisotopic (exact) mass is 498 g/mol. The van der Waals surface area contributed by atoms with Gasteiger partial charge < -0.3 is 25.2 Å². The quantitative estimate of drug-likeness (QED) is 0.433. The smallest absolute Gasteiger partial charge is 0.247 e. The van der Waals surface area contributed by atoms with Gasteiger partial charge in [0.05, 0.1) is 11.2 Å². The van der Waals surface area contributed by atoms with Crippen molar-refractivity contribution >= 4 is 52.1 Å². The van der Waals surface area contributed by atoms with E-state index in [0.29, 0.717) is 16.7 Å². The lowest BCUT2D eigenvalue weighted by Crippen LogP contribution is -2.44. The maximum atomic E-state index is 11.6. The molecule has 34 heavy (non-hydrogen) atoms. The molecule has 1 aromatic heterocycles. The molecule has 0 spiro atoms. The number of amides is 1. The zero-order chi connectivity index (χ0) is 24.1. The second-order valence-electron chi connectivity index (χ2n) is 7.75. The fraction of sp³-hybridized carbons (Fsp3) is 0.208. The lowest BCUT2D eigenvalue weighted by atomic mass is 10.2. The van der Waals surface area contributed by atoms with E-state index >= 15 is 0 Å². The Morgan fingerprint density at radius 3 is 2.47 bits per heavy atom. The van der Waals surface area contributed by atoms with Crippen LogP contribution in [0.15, 0.2) is 61.3 Å². The van der Waals surface area contributed by atoms with Gasteiger partial charge in [-0.15, -0.1) is 0 Å². The lowest BCUT2D eigenvalue weighted by Gasteiger charge is -2.34. The third-order valence-electron chi connectivity index (χ3n) is 5.29. The molecule has 10 heteroatoms. The number of carbonyl (C=O) groups excluding carboxylic acids is 1. The molecule has 1 fully saturated rings. The molecule has 3 aromatic rings. The van der Waals surface area contributed by atoms with Crippen molar-refractivity contribution in [3.05, 3.63) is 71.4 Å². The number of aromatic nitrogens is 2. The number of piperazine rings is 1. The van der Waals surface area contributed by atoms with E-state index in [1.54, 1.807) is 18.2 Å². The lowest BCUT2D eigenvalue weighted by molar-refractivity contribution is -0.111. The maximum Gasteiger partial charge on any atom is 0.247 e. The van der Waals surface area contributed by atoms with Crippen LogP contribution >= 0.6 is 23.2 Å². The molecular formula is C24H24Cl2N6O2. The summed E-state index contributed by atoms with van der Waals surface area (Å²) < 4.78 is 5.84. The Kier molecular flexibility index (Phi) is 7.52. The van der Waals surface area contributed by atoms with Crippen LogP contribution in [0.1, 0.15) is 0 Å². The predicted octanol–water partition coefficient (Wildman–Crippen LogP) is 5.20. The number of anilines is 4. The van der Waals surface area contributed by atoms with Crippen LogP contribution < -0.4 is 20.3 Å². The van der Waals surface area contributed by atoms with Crippen LogP contribution in [0.25, 0.3) is 0 Å². The molecule has 0 radical (unpaired) electrons. The number of hydrogen-bond donors (Lipinski definition) is 2. The van der Waals surface area contributed by atoms with Crippen molar-refractivity contribution < 1.29 is 9.53 Å². The Balaban J connectivity index is 1.47. The van der Waals surface area contributed by atoms with Crippen LogP contribution in [0.4, 0.5) is 23.0 Å². The van der Waals surface area contributed by atoms with E-state index in [1.807, 2.05) is 12.1 Å². The molecular weight excluding hydrogens is 475 g/mol. The van der Waals surface area contributed by atoms with Crippen molar-refractivity contribution in [2.45, 2.75) is 0 Å². The van der Waals surface area contributed by atoms with Gasteiger partial charge in [0.2, 0.25) is 17.7 Å². The van der Waals surface area contributed by atoms with Crippen LogP contribution in [-0.2, 0) is 4.79 Å². The number of ether oxygens (including phenoxy) is 1. The first kappa shape index (κ1) is 23.8. The van der Waals surface area contributed by atoms with Gasteiger partial charge >= 0.3 is 0 Å². The minimum atomic E-state index is -0.349. The molecule has 176 valence electrons. The predicted molar refractivity (Wildman–Crippen MR) is 137 cm³/mol. The number of halogens is 2. The second kappa shape index (κ2) is 10.7. The van der Waals surface area contributed by atoms with Gasteiger partial charge in [0.1, 0.15) is 10.8 Å². The average molecular weight is 499 g/mol. The van der Waals surface area contributed by atoms with E-state index < -0.39 is 0 Å². The van der Waals surface area contributed by atoms with Crippen molar-refractivity contribution in [1.29, 1.82) is 0 Å². The Hall–Kier alpha value is -3.33. The van der Waals surface area contributed by atoms with Gasteiger partial charge in [-0.2, -0.15) is 4.98 Å². The molecule has 1 aliphatic rings. The molecule has 4 rings (SSSR count). The largest absolute Gasteiger partial charge is 0.436 e. The summed E-state index contributed by atoms with van der Waals surface area (Å²) in [5.41, 5.74) is 2.50. The van der Waals surface area contributed by atoms with E-state index in [1.165, 1.54) is 18.0 Å². The summed E-state index contributed by atoms with van der Waals surface area (Å²) in [6.45, 7) is 7.55. The highest BCUT2D eigenvalue weighted by molar-refractivity contribution is 6.32. The number of likely N-dealkylation sites (N-methyl/N-ethyl adjacent to an activating group) is 1. The highest BCUT2D eigenvalue weighted by Gasteiger charge is 2.15. The van der Waals surface area contributed by atoms with Crippen molar-refractivity contribution in [3.63, 3.8) is 0 Å². The molecule has 1 aliphatic heterocycles. The summed E-state index contributed by atoms with van der Waals surface area (Å²) >= 11 is 12.5. The van der Waals surface area contributed by atoms with Crippen LogP contribution in [-0.4, -0.2) is 54.0 Å². The Labute approximate surface area is 208 Å². The Bertz CT molecular complexity index is 1180. The first-order chi connectivity index (χ1) is 16.4. The van der Waals surface area contributed by atoms with Crippen molar-refractivity contribution in [2.75, 3.05) is 48.8 Å². The standard InChI is InChI=1S/C24H24Cl2N6O2/c1-3-22(33)28-17-6-9-19(25)21(14-17)34-23-20(26)15-27-24(30-23)29-16-4-7-18(8-5-16)32-12-10-31(2)11-13-32/h3-9,14-15H,1,10-13H2,2H3,(H,28,33)(H,27,29,30). The van der Waals surface area contributed by atoms with Crippen molar-refractivity contribution in [3.8, 4) is 11.6 Å². The van der Waals surface area contributed by atoms with Gasteiger partial charge in [-0.1, -0.05) is 29.8 Å². The van der Waals surface area contributed by atoms with Crippen LogP contribution in [0, 0.1) is 0 Å². The number of rotatable bonds is 7. The third-order valence-corrected chi connectivity index (χ3v) is 5.87. The van der Waals surface area contributed by atoms with Gasteiger partial charge in [0, 0.05) is 49.3 Å². The topological polar surface area (TPSA) is 82.6 Å². The number of hydrogen-bond acceptors (Lipinski definition) is 7. The van der Waals surface area contributed by atoms with Gasteiger partial charge in [-0.05, 0) is 49.5 Å². The minimum Gasteiger partial charge on any atom is -0.436 e. The van der Waals surface area contributed by atoms with Crippen molar-refractivity contribution in [1.82, 2.24) is 14.9 Å². The zero-order valence-corrected chi connectivity index (χ0v) is 20.1.